The average Bonchev–Trinajstić information content (AvgIpc) is 3.04. The van der Waals surface area contributed by atoms with E-state index in [1.54, 1.807) is 17.7 Å². The molecule has 1 amide bonds. The van der Waals surface area contributed by atoms with Gasteiger partial charge in [-0.3, -0.25) is 4.79 Å². The minimum absolute atomic E-state index is 0.0892. The molecule has 3 rings (SSSR count). The first-order valence-corrected chi connectivity index (χ1v) is 10.9. The van der Waals surface area contributed by atoms with Crippen molar-refractivity contribution < 1.29 is 18.0 Å². The van der Waals surface area contributed by atoms with E-state index in [0.29, 0.717) is 16.7 Å². The zero-order valence-corrected chi connectivity index (χ0v) is 18.1. The van der Waals surface area contributed by atoms with Crippen LogP contribution in [0.2, 0.25) is 0 Å². The lowest BCUT2D eigenvalue weighted by molar-refractivity contribution is -0.137. The fourth-order valence-electron chi connectivity index (χ4n) is 3.73. The number of thioether (sulfide) groups is 1. The number of carbonyl (C=O) groups is 1. The number of piperidine rings is 1. The highest BCUT2D eigenvalue weighted by Crippen LogP contribution is 2.31. The van der Waals surface area contributed by atoms with E-state index in [1.165, 1.54) is 17.8 Å². The smallest absolute Gasteiger partial charge is 0.378 e. The number of amides is 1. The van der Waals surface area contributed by atoms with E-state index in [-0.39, 0.29) is 30.3 Å². The fraction of sp³-hybridized carbons (Fsp3) is 0.550. The molecule has 1 aromatic carbocycles. The van der Waals surface area contributed by atoms with Crippen LogP contribution in [0.1, 0.15) is 44.5 Å². The molecule has 1 aliphatic heterocycles. The fourth-order valence-corrected chi connectivity index (χ4v) is 4.52. The molecule has 1 aromatic heterocycles. The van der Waals surface area contributed by atoms with Crippen LogP contribution in [0, 0.1) is 0 Å². The van der Waals surface area contributed by atoms with Gasteiger partial charge in [-0.25, -0.2) is 0 Å². The average molecular weight is 442 g/mol. The minimum atomic E-state index is -4.39. The molecule has 30 heavy (non-hydrogen) atoms. The molecule has 164 valence electrons. The van der Waals surface area contributed by atoms with Crippen molar-refractivity contribution in [2.24, 2.45) is 7.05 Å². The number of anilines is 1. The Bertz CT molecular complexity index is 876. The van der Waals surface area contributed by atoms with Crippen molar-refractivity contribution in [1.82, 2.24) is 19.7 Å². The third-order valence-corrected chi connectivity index (χ3v) is 6.38. The Morgan fingerprint density at radius 3 is 2.60 bits per heavy atom. The zero-order valence-electron chi connectivity index (χ0n) is 17.2. The Hall–Kier alpha value is -2.23. The summed E-state index contributed by atoms with van der Waals surface area (Å²) in [5.74, 6) is 0.940. The maximum absolute atomic E-state index is 12.8. The third kappa shape index (κ3) is 5.27. The van der Waals surface area contributed by atoms with Crippen LogP contribution in [-0.4, -0.2) is 43.4 Å². The summed E-state index contributed by atoms with van der Waals surface area (Å²) in [6.07, 6.45) is -1.20. The Morgan fingerprint density at radius 2 is 1.93 bits per heavy atom. The molecule has 0 bridgehead atoms. The van der Waals surface area contributed by atoms with Gasteiger partial charge in [0.1, 0.15) is 0 Å². The number of nitrogens with one attached hydrogen (secondary N) is 1. The van der Waals surface area contributed by atoms with Gasteiger partial charge >= 0.3 is 6.18 Å². The normalized spacial score (nSPS) is 19.7. The molecule has 10 heteroatoms. The lowest BCUT2D eigenvalue weighted by Gasteiger charge is -2.39. The second-order valence-corrected chi connectivity index (χ2v) is 8.55. The summed E-state index contributed by atoms with van der Waals surface area (Å²) in [5.41, 5.74) is -0.355. The summed E-state index contributed by atoms with van der Waals surface area (Å²) in [5, 5.41) is 11.8. The van der Waals surface area contributed by atoms with Crippen LogP contribution in [-0.2, 0) is 24.6 Å². The number of halogens is 3. The SMILES string of the molecule is C[C@H]1CCC[C@H](C)N1C(=O)CSc1nnc(CNc2cccc(C(F)(F)F)c2)n1C. The second kappa shape index (κ2) is 9.28. The highest BCUT2D eigenvalue weighted by molar-refractivity contribution is 7.99. The lowest BCUT2D eigenvalue weighted by atomic mass is 9.98. The van der Waals surface area contributed by atoms with E-state index >= 15 is 0 Å². The molecule has 2 atom stereocenters. The number of benzene rings is 1. The van der Waals surface area contributed by atoms with Gasteiger partial charge in [-0.1, -0.05) is 17.8 Å². The minimum Gasteiger partial charge on any atom is -0.378 e. The molecule has 0 radical (unpaired) electrons. The maximum atomic E-state index is 12.8. The Labute approximate surface area is 178 Å². The van der Waals surface area contributed by atoms with Crippen LogP contribution < -0.4 is 5.32 Å². The quantitative estimate of drug-likeness (QED) is 0.676. The third-order valence-electron chi connectivity index (χ3n) is 5.37. The topological polar surface area (TPSA) is 63.1 Å². The summed E-state index contributed by atoms with van der Waals surface area (Å²) in [6.45, 7) is 4.38. The largest absolute Gasteiger partial charge is 0.416 e. The number of nitrogens with zero attached hydrogens (tertiary/aromatic N) is 4. The van der Waals surface area contributed by atoms with Crippen molar-refractivity contribution in [2.75, 3.05) is 11.1 Å². The van der Waals surface area contributed by atoms with Crippen LogP contribution in [0.4, 0.5) is 18.9 Å². The van der Waals surface area contributed by atoms with Crippen LogP contribution >= 0.6 is 11.8 Å². The van der Waals surface area contributed by atoms with Gasteiger partial charge in [0.2, 0.25) is 5.91 Å². The summed E-state index contributed by atoms with van der Waals surface area (Å²) in [6, 6.07) is 5.51. The monoisotopic (exact) mass is 441 g/mol. The second-order valence-electron chi connectivity index (χ2n) is 7.61. The van der Waals surface area contributed by atoms with Gasteiger partial charge in [-0.05, 0) is 51.3 Å². The number of alkyl halides is 3. The standard InChI is InChI=1S/C20H26F3N5OS/c1-13-6-4-7-14(2)28(13)18(29)12-30-19-26-25-17(27(19)3)11-24-16-9-5-8-15(10-16)20(21,22)23/h5,8-10,13-14,24H,4,6-7,11-12H2,1-3H3/t13-,14-/m0/s1. The van der Waals surface area contributed by atoms with Crippen molar-refractivity contribution in [3.63, 3.8) is 0 Å². The number of aromatic nitrogens is 3. The van der Waals surface area contributed by atoms with Gasteiger partial charge in [0.25, 0.3) is 0 Å². The molecule has 6 nitrogen and oxygen atoms in total. The van der Waals surface area contributed by atoms with Gasteiger partial charge in [0, 0.05) is 24.8 Å². The Balaban J connectivity index is 1.58. The van der Waals surface area contributed by atoms with Crippen LogP contribution in [0.5, 0.6) is 0 Å². The van der Waals surface area contributed by atoms with E-state index in [1.807, 2.05) is 4.90 Å². The molecule has 0 aliphatic carbocycles. The number of rotatable bonds is 6. The first-order valence-electron chi connectivity index (χ1n) is 9.90. The van der Waals surface area contributed by atoms with Crippen molar-refractivity contribution in [1.29, 1.82) is 0 Å². The summed E-state index contributed by atoms with van der Waals surface area (Å²) in [4.78, 5) is 14.6. The van der Waals surface area contributed by atoms with E-state index in [0.717, 1.165) is 31.4 Å². The molecule has 0 unspecified atom stereocenters. The maximum Gasteiger partial charge on any atom is 0.416 e. The van der Waals surface area contributed by atoms with Gasteiger partial charge in [-0.2, -0.15) is 13.2 Å². The van der Waals surface area contributed by atoms with Gasteiger partial charge < -0.3 is 14.8 Å². The predicted molar refractivity (Wildman–Crippen MR) is 110 cm³/mol. The van der Waals surface area contributed by atoms with Crippen LogP contribution in [0.3, 0.4) is 0 Å². The summed E-state index contributed by atoms with van der Waals surface area (Å²) in [7, 11) is 1.78. The Morgan fingerprint density at radius 1 is 1.23 bits per heavy atom. The van der Waals surface area contributed by atoms with E-state index in [9.17, 15) is 18.0 Å². The first-order chi connectivity index (χ1) is 14.2. The van der Waals surface area contributed by atoms with Crippen molar-refractivity contribution in [2.45, 2.75) is 63.1 Å². The van der Waals surface area contributed by atoms with Gasteiger partial charge in [-0.15, -0.1) is 10.2 Å². The highest BCUT2D eigenvalue weighted by atomic mass is 32.2. The molecular formula is C20H26F3N5OS. The van der Waals surface area contributed by atoms with Crippen molar-refractivity contribution in [3.8, 4) is 0 Å². The summed E-state index contributed by atoms with van der Waals surface area (Å²) >= 11 is 1.32. The molecule has 2 heterocycles. The lowest BCUT2D eigenvalue weighted by Crippen LogP contribution is -2.48. The van der Waals surface area contributed by atoms with E-state index < -0.39 is 11.7 Å². The van der Waals surface area contributed by atoms with Gasteiger partial charge in [0.15, 0.2) is 11.0 Å². The molecule has 1 saturated heterocycles. The van der Waals surface area contributed by atoms with Crippen molar-refractivity contribution >= 4 is 23.4 Å². The molecule has 0 spiro atoms. The van der Waals surface area contributed by atoms with Gasteiger partial charge in [0.05, 0.1) is 17.9 Å². The van der Waals surface area contributed by atoms with E-state index in [2.05, 4.69) is 29.4 Å². The molecular weight excluding hydrogens is 415 g/mol. The number of carbonyl (C=O) groups excluding carboxylic acids is 1. The molecule has 1 aliphatic rings. The summed E-state index contributed by atoms with van der Waals surface area (Å²) < 4.78 is 40.3. The molecule has 1 fully saturated rings. The first kappa shape index (κ1) is 22.5. The van der Waals surface area contributed by atoms with E-state index in [4.69, 9.17) is 0 Å². The number of likely N-dealkylation sites (tertiary alicyclic amines) is 1. The number of hydrogen-bond donors (Lipinski definition) is 1. The zero-order chi connectivity index (χ0) is 21.9. The van der Waals surface area contributed by atoms with Crippen LogP contribution in [0.25, 0.3) is 0 Å². The molecule has 1 N–H and O–H groups in total. The van der Waals surface area contributed by atoms with Crippen molar-refractivity contribution in [3.05, 3.63) is 35.7 Å². The molecule has 0 saturated carbocycles. The predicted octanol–water partition coefficient (Wildman–Crippen LogP) is 4.33. The number of hydrogen-bond acceptors (Lipinski definition) is 5. The Kier molecular flexibility index (Phi) is 6.95. The highest BCUT2D eigenvalue weighted by Gasteiger charge is 2.30. The molecule has 2 aromatic rings. The van der Waals surface area contributed by atoms with Crippen LogP contribution in [0.15, 0.2) is 29.4 Å².